The van der Waals surface area contributed by atoms with Gasteiger partial charge < -0.3 is 4.74 Å². The van der Waals surface area contributed by atoms with E-state index in [0.717, 1.165) is 25.7 Å². The van der Waals surface area contributed by atoms with E-state index in [9.17, 15) is 22.8 Å². The van der Waals surface area contributed by atoms with E-state index < -0.39 is 23.2 Å². The summed E-state index contributed by atoms with van der Waals surface area (Å²) in [6.45, 7) is 4.17. The van der Waals surface area contributed by atoms with Gasteiger partial charge in [-0.2, -0.15) is 13.2 Å². The first kappa shape index (κ1) is 21.7. The van der Waals surface area contributed by atoms with Crippen LogP contribution in [0.25, 0.3) is 0 Å². The Bertz CT molecular complexity index is 869. The fourth-order valence-corrected chi connectivity index (χ4v) is 7.40. The quantitative estimate of drug-likeness (QED) is 0.394. The molecule has 4 aliphatic rings. The fraction of sp³-hybridized carbons (Fsp3) is 0.739. The van der Waals surface area contributed by atoms with Gasteiger partial charge >= 0.3 is 12.1 Å². The molecule has 0 aromatic rings. The lowest BCUT2D eigenvalue weighted by Crippen LogP contribution is -2.56. The number of allylic oxidation sites excluding steroid dienone is 1. The molecule has 3 saturated carbocycles. The molecule has 0 aromatic carbocycles. The highest BCUT2D eigenvalue weighted by Crippen LogP contribution is 2.68. The van der Waals surface area contributed by atoms with Crippen LogP contribution in [-0.4, -0.2) is 23.5 Å². The van der Waals surface area contributed by atoms with Gasteiger partial charge in [0.1, 0.15) is 0 Å². The predicted octanol–water partition coefficient (Wildman–Crippen LogP) is 5.56. The number of fused-ring (bicyclic) bond motifs is 5. The minimum absolute atomic E-state index is 0.0375. The van der Waals surface area contributed by atoms with Crippen LogP contribution in [0.4, 0.5) is 13.2 Å². The molecule has 164 valence electrons. The van der Waals surface area contributed by atoms with Gasteiger partial charge in [0, 0.05) is 17.2 Å². The first-order chi connectivity index (χ1) is 14.0. The summed E-state index contributed by atoms with van der Waals surface area (Å²) < 4.78 is 44.1. The van der Waals surface area contributed by atoms with E-state index in [4.69, 9.17) is 16.3 Å². The molecule has 0 spiro atoms. The molecule has 0 amide bonds. The SMILES string of the molecule is C[C@]12CCC(=O)C=C1CC[C@@H]1[C@@H]2CC[C@@]2(C)[C@H]1CC[C@]2(C#CCl)OC(=O)C(F)(F)F. The van der Waals surface area contributed by atoms with Crippen LogP contribution in [0.3, 0.4) is 0 Å². The highest BCUT2D eigenvalue weighted by Gasteiger charge is 2.66. The zero-order valence-electron chi connectivity index (χ0n) is 17.2. The third kappa shape index (κ3) is 3.03. The Morgan fingerprint density at radius 2 is 1.83 bits per heavy atom. The Balaban J connectivity index is 1.68. The second-order valence-electron chi connectivity index (χ2n) is 9.90. The van der Waals surface area contributed by atoms with Crippen LogP contribution < -0.4 is 0 Å². The van der Waals surface area contributed by atoms with Gasteiger partial charge in [0.15, 0.2) is 11.4 Å². The maximum absolute atomic E-state index is 13.0. The van der Waals surface area contributed by atoms with Gasteiger partial charge in [-0.25, -0.2) is 4.79 Å². The standard InChI is InChI=1S/C23H26ClF3O3/c1-20-8-5-15(28)13-14(20)3-4-16-17(20)6-9-21(2)18(16)7-10-22(21,11-12-24)30-19(29)23(25,26)27/h13,16-18H,3-10H2,1-2H3/t16-,17+,18+,20+,21+,22-/m1/s1. The average Bonchev–Trinajstić information content (AvgIpc) is 2.94. The summed E-state index contributed by atoms with van der Waals surface area (Å²) in [6.07, 6.45) is 2.23. The summed E-state index contributed by atoms with van der Waals surface area (Å²) in [5, 5.41) is 2.23. The number of rotatable bonds is 1. The summed E-state index contributed by atoms with van der Waals surface area (Å²) in [5.41, 5.74) is -1.00. The Hall–Kier alpha value is -1.48. The molecular weight excluding hydrogens is 417 g/mol. The third-order valence-corrected chi connectivity index (χ3v) is 8.92. The van der Waals surface area contributed by atoms with Crippen LogP contribution >= 0.6 is 11.6 Å². The van der Waals surface area contributed by atoms with Crippen molar-refractivity contribution < 1.29 is 27.5 Å². The third-order valence-electron chi connectivity index (χ3n) is 8.83. The van der Waals surface area contributed by atoms with Gasteiger partial charge in [0.05, 0.1) is 0 Å². The Morgan fingerprint density at radius 1 is 1.13 bits per heavy atom. The van der Waals surface area contributed by atoms with Crippen LogP contribution in [0.2, 0.25) is 0 Å². The topological polar surface area (TPSA) is 43.4 Å². The number of halogens is 4. The second-order valence-corrected chi connectivity index (χ2v) is 10.1. The van der Waals surface area contributed by atoms with E-state index in [1.54, 1.807) is 0 Å². The van der Waals surface area contributed by atoms with Crippen molar-refractivity contribution in [1.82, 2.24) is 0 Å². The van der Waals surface area contributed by atoms with E-state index in [0.29, 0.717) is 31.1 Å². The van der Waals surface area contributed by atoms with Crippen LogP contribution in [0, 0.1) is 39.9 Å². The number of carbonyl (C=O) groups is 2. The Kier molecular flexibility index (Phi) is 5.09. The maximum Gasteiger partial charge on any atom is 0.490 e. The molecule has 6 atom stereocenters. The van der Waals surface area contributed by atoms with E-state index in [1.807, 2.05) is 13.0 Å². The van der Waals surface area contributed by atoms with Gasteiger partial charge in [-0.15, -0.1) is 0 Å². The number of esters is 1. The van der Waals surface area contributed by atoms with E-state index in [2.05, 4.69) is 18.2 Å². The lowest BCUT2D eigenvalue weighted by atomic mass is 9.46. The van der Waals surface area contributed by atoms with Gasteiger partial charge in [0.25, 0.3) is 0 Å². The number of hydrogen-bond donors (Lipinski definition) is 0. The molecule has 4 aliphatic carbocycles. The summed E-state index contributed by atoms with van der Waals surface area (Å²) in [5.74, 6) is 1.47. The van der Waals surface area contributed by atoms with E-state index >= 15 is 0 Å². The highest BCUT2D eigenvalue weighted by molar-refractivity contribution is 6.30. The van der Waals surface area contributed by atoms with Crippen LogP contribution in [0.5, 0.6) is 0 Å². The molecule has 30 heavy (non-hydrogen) atoms. The van der Waals surface area contributed by atoms with Gasteiger partial charge in [-0.1, -0.05) is 19.4 Å². The fourth-order valence-electron chi connectivity index (χ4n) is 7.25. The van der Waals surface area contributed by atoms with Crippen LogP contribution in [0.1, 0.15) is 65.2 Å². The van der Waals surface area contributed by atoms with E-state index in [1.165, 1.54) is 5.57 Å². The predicted molar refractivity (Wildman–Crippen MR) is 105 cm³/mol. The zero-order chi connectivity index (χ0) is 21.9. The molecule has 0 heterocycles. The molecule has 0 bridgehead atoms. The Morgan fingerprint density at radius 3 is 2.50 bits per heavy atom. The summed E-state index contributed by atoms with van der Waals surface area (Å²) in [7, 11) is 0. The van der Waals surface area contributed by atoms with Crippen molar-refractivity contribution in [3.8, 4) is 11.3 Å². The lowest BCUT2D eigenvalue weighted by Gasteiger charge is -2.58. The van der Waals surface area contributed by atoms with Gasteiger partial charge in [0.2, 0.25) is 0 Å². The Labute approximate surface area is 179 Å². The smallest absolute Gasteiger partial charge is 0.439 e. The molecule has 3 nitrogen and oxygen atoms in total. The second kappa shape index (κ2) is 7.02. The molecule has 0 unspecified atom stereocenters. The largest absolute Gasteiger partial charge is 0.490 e. The molecule has 3 fully saturated rings. The van der Waals surface area contributed by atoms with Crippen molar-refractivity contribution in [3.05, 3.63) is 11.6 Å². The van der Waals surface area contributed by atoms with Crippen molar-refractivity contribution in [2.45, 2.75) is 77.0 Å². The minimum Gasteiger partial charge on any atom is -0.439 e. The molecular formula is C23H26ClF3O3. The lowest BCUT2D eigenvalue weighted by molar-refractivity contribution is -0.220. The minimum atomic E-state index is -5.07. The van der Waals surface area contributed by atoms with Crippen LogP contribution in [0.15, 0.2) is 11.6 Å². The number of hydrogen-bond acceptors (Lipinski definition) is 3. The molecule has 0 saturated heterocycles. The van der Waals surface area contributed by atoms with Gasteiger partial charge in [-0.3, -0.25) is 4.79 Å². The number of carbonyl (C=O) groups excluding carboxylic acids is 2. The van der Waals surface area contributed by atoms with Gasteiger partial charge in [-0.05, 0) is 91.7 Å². The van der Waals surface area contributed by atoms with Crippen molar-refractivity contribution in [2.75, 3.05) is 0 Å². The molecule has 0 aliphatic heterocycles. The molecule has 0 aromatic heterocycles. The first-order valence-corrected chi connectivity index (χ1v) is 11.0. The number of ketones is 1. The van der Waals surface area contributed by atoms with Crippen molar-refractivity contribution in [1.29, 1.82) is 0 Å². The highest BCUT2D eigenvalue weighted by atomic mass is 35.5. The molecule has 7 heteroatoms. The molecule has 4 rings (SSSR count). The van der Waals surface area contributed by atoms with Crippen molar-refractivity contribution in [3.63, 3.8) is 0 Å². The summed E-state index contributed by atoms with van der Waals surface area (Å²) in [4.78, 5) is 23.7. The first-order valence-electron chi connectivity index (χ1n) is 10.6. The van der Waals surface area contributed by atoms with E-state index in [-0.39, 0.29) is 23.5 Å². The number of ether oxygens (including phenoxy) is 1. The summed E-state index contributed by atoms with van der Waals surface area (Å²) >= 11 is 5.65. The summed E-state index contributed by atoms with van der Waals surface area (Å²) in [6, 6.07) is 0. The average molecular weight is 443 g/mol. The van der Waals surface area contributed by atoms with Crippen molar-refractivity contribution >= 4 is 23.4 Å². The normalized spacial score (nSPS) is 42.8. The molecule has 0 radical (unpaired) electrons. The zero-order valence-corrected chi connectivity index (χ0v) is 18.0. The van der Waals surface area contributed by atoms with Crippen molar-refractivity contribution in [2.24, 2.45) is 28.6 Å². The maximum atomic E-state index is 13.0. The molecule has 0 N–H and O–H groups in total. The number of alkyl halides is 3. The monoisotopic (exact) mass is 442 g/mol. The van der Waals surface area contributed by atoms with Crippen LogP contribution in [-0.2, 0) is 14.3 Å².